The second-order valence-electron chi connectivity index (χ2n) is 8.42. The van der Waals surface area contributed by atoms with E-state index in [1.807, 2.05) is 30.3 Å². The van der Waals surface area contributed by atoms with Crippen LogP contribution in [0.4, 0.5) is 5.69 Å². The smallest absolute Gasteiger partial charge is 0.244 e. The summed E-state index contributed by atoms with van der Waals surface area (Å²) in [5.74, 6) is -0.650. The van der Waals surface area contributed by atoms with Gasteiger partial charge in [-0.1, -0.05) is 43.2 Å². The van der Waals surface area contributed by atoms with Crippen LogP contribution in [0.5, 0.6) is 0 Å². The van der Waals surface area contributed by atoms with Crippen LogP contribution in [0.1, 0.15) is 38.2 Å². The number of carbonyl (C=O) groups is 2. The minimum atomic E-state index is -3.71. The molecule has 9 heteroatoms. The van der Waals surface area contributed by atoms with E-state index in [2.05, 4.69) is 27.9 Å². The van der Waals surface area contributed by atoms with Gasteiger partial charge in [-0.15, -0.1) is 0 Å². The molecule has 0 heterocycles. The number of hydrogen-bond donors (Lipinski definition) is 1. The molecular weight excluding hydrogens is 553 g/mol. The fraction of sp³-hybridized carbons (Fsp3) is 0.417. The molecule has 1 aliphatic rings. The molecular formula is C24H30IN3O4S. The zero-order valence-electron chi connectivity index (χ0n) is 18.9. The van der Waals surface area contributed by atoms with Crippen LogP contribution < -0.4 is 9.62 Å². The molecule has 0 radical (unpaired) electrons. The number of nitrogens with one attached hydrogen (secondary N) is 1. The van der Waals surface area contributed by atoms with Gasteiger partial charge in [-0.2, -0.15) is 0 Å². The summed E-state index contributed by atoms with van der Waals surface area (Å²) in [6.07, 6.45) is 5.15. The summed E-state index contributed by atoms with van der Waals surface area (Å²) in [4.78, 5) is 27.9. The summed E-state index contributed by atoms with van der Waals surface area (Å²) >= 11 is 2.14. The predicted octanol–water partition coefficient (Wildman–Crippen LogP) is 3.53. The first-order valence-corrected chi connectivity index (χ1v) is 13.9. The van der Waals surface area contributed by atoms with E-state index in [-0.39, 0.29) is 25.0 Å². The fourth-order valence-electron chi connectivity index (χ4n) is 3.98. The fourth-order valence-corrected chi connectivity index (χ4v) is 5.18. The van der Waals surface area contributed by atoms with Crippen LogP contribution in [-0.2, 0) is 26.2 Å². The van der Waals surface area contributed by atoms with E-state index in [0.29, 0.717) is 5.69 Å². The Hall–Kier alpha value is -2.14. The Morgan fingerprint density at radius 1 is 1.06 bits per heavy atom. The predicted molar refractivity (Wildman–Crippen MR) is 138 cm³/mol. The molecule has 178 valence electrons. The van der Waals surface area contributed by atoms with E-state index in [1.54, 1.807) is 31.2 Å². The number of amides is 2. The van der Waals surface area contributed by atoms with Gasteiger partial charge in [0.15, 0.2) is 0 Å². The van der Waals surface area contributed by atoms with Gasteiger partial charge in [0.2, 0.25) is 21.8 Å². The van der Waals surface area contributed by atoms with Crippen molar-refractivity contribution in [3.8, 4) is 0 Å². The highest BCUT2D eigenvalue weighted by Gasteiger charge is 2.31. The highest BCUT2D eigenvalue weighted by molar-refractivity contribution is 14.1. The summed E-state index contributed by atoms with van der Waals surface area (Å²) < 4.78 is 27.1. The van der Waals surface area contributed by atoms with Crippen LogP contribution in [0.25, 0.3) is 0 Å². The maximum Gasteiger partial charge on any atom is 0.244 e. The van der Waals surface area contributed by atoms with E-state index in [1.165, 1.54) is 4.90 Å². The Labute approximate surface area is 209 Å². The Morgan fingerprint density at radius 2 is 1.67 bits per heavy atom. The van der Waals surface area contributed by atoms with Gasteiger partial charge in [0.25, 0.3) is 0 Å². The van der Waals surface area contributed by atoms with E-state index in [4.69, 9.17) is 0 Å². The lowest BCUT2D eigenvalue weighted by Gasteiger charge is -2.32. The molecule has 2 aromatic carbocycles. The molecule has 0 aliphatic heterocycles. The molecule has 0 saturated heterocycles. The Bertz CT molecular complexity index is 1050. The molecule has 1 N–H and O–H groups in total. The normalized spacial score (nSPS) is 15.1. The molecule has 7 nitrogen and oxygen atoms in total. The Morgan fingerprint density at radius 3 is 2.24 bits per heavy atom. The third kappa shape index (κ3) is 7.17. The third-order valence-corrected chi connectivity index (χ3v) is 7.72. The highest BCUT2D eigenvalue weighted by atomic mass is 127. The maximum absolute atomic E-state index is 13.5. The number of rotatable bonds is 9. The molecule has 1 saturated carbocycles. The SMILES string of the molecule is CC(C(=O)NC1CCCC1)N(Cc1ccccc1)C(=O)CN(c1ccc(I)cc1)S(C)(=O)=O. The Kier molecular flexibility index (Phi) is 8.75. The standard InChI is InChI=1S/C24H30IN3O4S/c1-18(24(30)26-21-10-6-7-11-21)27(16-19-8-4-3-5-9-19)23(29)17-28(33(2,31)32)22-14-12-20(25)13-15-22/h3-5,8-9,12-15,18,21H,6-7,10-11,16-17H2,1-2H3,(H,26,30). The van der Waals surface area contributed by atoms with Crippen molar-refractivity contribution in [1.82, 2.24) is 10.2 Å². The molecule has 0 spiro atoms. The number of sulfonamides is 1. The van der Waals surface area contributed by atoms with Crippen molar-refractivity contribution in [1.29, 1.82) is 0 Å². The minimum Gasteiger partial charge on any atom is -0.352 e. The first-order chi connectivity index (χ1) is 15.6. The van der Waals surface area contributed by atoms with Gasteiger partial charge in [0.1, 0.15) is 12.6 Å². The van der Waals surface area contributed by atoms with Crippen LogP contribution in [0, 0.1) is 3.57 Å². The monoisotopic (exact) mass is 583 g/mol. The van der Waals surface area contributed by atoms with Gasteiger partial charge < -0.3 is 10.2 Å². The average Bonchev–Trinajstić information content (AvgIpc) is 3.29. The van der Waals surface area contributed by atoms with Crippen LogP contribution in [-0.4, -0.2) is 50.0 Å². The molecule has 0 bridgehead atoms. The summed E-state index contributed by atoms with van der Waals surface area (Å²) in [5.41, 5.74) is 1.28. The summed E-state index contributed by atoms with van der Waals surface area (Å²) in [7, 11) is -3.71. The zero-order valence-corrected chi connectivity index (χ0v) is 21.9. The zero-order chi connectivity index (χ0) is 24.0. The van der Waals surface area contributed by atoms with E-state index >= 15 is 0 Å². The van der Waals surface area contributed by atoms with Crippen molar-refractivity contribution in [3.63, 3.8) is 0 Å². The number of anilines is 1. The van der Waals surface area contributed by atoms with Gasteiger partial charge in [-0.3, -0.25) is 13.9 Å². The number of nitrogens with zero attached hydrogens (tertiary/aromatic N) is 2. The maximum atomic E-state index is 13.5. The number of halogens is 1. The van der Waals surface area contributed by atoms with Crippen LogP contribution in [0.2, 0.25) is 0 Å². The summed E-state index contributed by atoms with van der Waals surface area (Å²) in [5, 5.41) is 3.06. The molecule has 2 amide bonds. The van der Waals surface area contributed by atoms with E-state index in [0.717, 1.165) is 45.4 Å². The van der Waals surface area contributed by atoms with Crippen LogP contribution in [0.3, 0.4) is 0 Å². The molecule has 1 aliphatic carbocycles. The van der Waals surface area contributed by atoms with Gasteiger partial charge >= 0.3 is 0 Å². The molecule has 0 aromatic heterocycles. The Balaban J connectivity index is 1.84. The van der Waals surface area contributed by atoms with Gasteiger partial charge in [-0.05, 0) is 72.2 Å². The van der Waals surface area contributed by atoms with Crippen molar-refractivity contribution >= 4 is 50.1 Å². The number of benzene rings is 2. The van der Waals surface area contributed by atoms with E-state index in [9.17, 15) is 18.0 Å². The first kappa shape index (κ1) is 25.5. The quantitative estimate of drug-likeness (QED) is 0.458. The molecule has 3 rings (SSSR count). The largest absolute Gasteiger partial charge is 0.352 e. The van der Waals surface area contributed by atoms with Crippen molar-refractivity contribution in [2.75, 3.05) is 17.1 Å². The second-order valence-corrected chi connectivity index (χ2v) is 11.6. The second kappa shape index (κ2) is 11.3. The van der Waals surface area contributed by atoms with Crippen molar-refractivity contribution in [3.05, 3.63) is 63.7 Å². The lowest BCUT2D eigenvalue weighted by molar-refractivity contribution is -0.139. The van der Waals surface area contributed by atoms with Crippen molar-refractivity contribution < 1.29 is 18.0 Å². The van der Waals surface area contributed by atoms with Crippen LogP contribution in [0.15, 0.2) is 54.6 Å². The average molecular weight is 583 g/mol. The van der Waals surface area contributed by atoms with Gasteiger partial charge in [-0.25, -0.2) is 8.42 Å². The van der Waals surface area contributed by atoms with Crippen LogP contribution >= 0.6 is 22.6 Å². The van der Waals surface area contributed by atoms with Gasteiger partial charge in [0.05, 0.1) is 11.9 Å². The topological polar surface area (TPSA) is 86.8 Å². The lowest BCUT2D eigenvalue weighted by Crippen LogP contribution is -2.52. The van der Waals surface area contributed by atoms with E-state index < -0.39 is 22.0 Å². The third-order valence-electron chi connectivity index (χ3n) is 5.86. The lowest BCUT2D eigenvalue weighted by atomic mass is 10.1. The molecule has 1 fully saturated rings. The molecule has 1 atom stereocenters. The summed E-state index contributed by atoms with van der Waals surface area (Å²) in [6.45, 7) is 1.53. The summed E-state index contributed by atoms with van der Waals surface area (Å²) in [6, 6.07) is 15.7. The molecule has 1 unspecified atom stereocenters. The first-order valence-electron chi connectivity index (χ1n) is 11.0. The van der Waals surface area contributed by atoms with Crippen molar-refractivity contribution in [2.24, 2.45) is 0 Å². The van der Waals surface area contributed by atoms with Gasteiger partial charge in [0, 0.05) is 16.2 Å². The van der Waals surface area contributed by atoms with Crippen molar-refractivity contribution in [2.45, 2.75) is 51.2 Å². The minimum absolute atomic E-state index is 0.132. The number of hydrogen-bond acceptors (Lipinski definition) is 4. The number of carbonyl (C=O) groups excluding carboxylic acids is 2. The molecule has 2 aromatic rings. The highest BCUT2D eigenvalue weighted by Crippen LogP contribution is 2.21. The molecule has 33 heavy (non-hydrogen) atoms.